The molecular weight excluding hydrogens is 256 g/mol. The largest absolute Gasteiger partial charge is 0.497 e. The van der Waals surface area contributed by atoms with Crippen molar-refractivity contribution < 1.29 is 13.9 Å². The first-order valence-corrected chi connectivity index (χ1v) is 6.62. The van der Waals surface area contributed by atoms with Crippen molar-refractivity contribution in [3.8, 4) is 5.75 Å². The Kier molecular flexibility index (Phi) is 3.41. The van der Waals surface area contributed by atoms with E-state index in [-0.39, 0.29) is 5.91 Å². The van der Waals surface area contributed by atoms with Crippen LogP contribution in [0.25, 0.3) is 0 Å². The van der Waals surface area contributed by atoms with E-state index in [2.05, 4.69) is 10.3 Å². The Morgan fingerprint density at radius 3 is 2.80 bits per heavy atom. The first kappa shape index (κ1) is 12.7. The molecule has 1 aromatic heterocycles. The van der Waals surface area contributed by atoms with Crippen LogP contribution in [-0.2, 0) is 6.54 Å². The average Bonchev–Trinajstić information content (AvgIpc) is 3.22. The number of carbonyl (C=O) groups is 1. The molecule has 20 heavy (non-hydrogen) atoms. The lowest BCUT2D eigenvalue weighted by Crippen LogP contribution is -2.23. The molecule has 1 amide bonds. The highest BCUT2D eigenvalue weighted by Crippen LogP contribution is 2.40. The minimum atomic E-state index is -0.208. The fraction of sp³-hybridized carbons (Fsp3) is 0.333. The van der Waals surface area contributed by atoms with Crippen LogP contribution in [0.5, 0.6) is 5.75 Å². The molecule has 2 aromatic rings. The molecule has 0 unspecified atom stereocenters. The molecule has 0 aliphatic heterocycles. The first-order valence-electron chi connectivity index (χ1n) is 6.62. The monoisotopic (exact) mass is 272 g/mol. The van der Waals surface area contributed by atoms with E-state index < -0.39 is 0 Å². The fourth-order valence-corrected chi connectivity index (χ4v) is 2.08. The van der Waals surface area contributed by atoms with Gasteiger partial charge >= 0.3 is 0 Å². The van der Waals surface area contributed by atoms with Gasteiger partial charge in [0.15, 0.2) is 6.39 Å². The molecule has 5 nitrogen and oxygen atoms in total. The predicted octanol–water partition coefficient (Wildman–Crippen LogP) is 2.49. The third-order valence-corrected chi connectivity index (χ3v) is 3.38. The molecule has 0 atom stereocenters. The molecule has 1 N–H and O–H groups in total. The van der Waals surface area contributed by atoms with Gasteiger partial charge in [-0.25, -0.2) is 4.98 Å². The molecule has 1 saturated carbocycles. The number of nitrogens with one attached hydrogen (secondary N) is 1. The van der Waals surface area contributed by atoms with Gasteiger partial charge in [-0.05, 0) is 30.5 Å². The quantitative estimate of drug-likeness (QED) is 0.908. The van der Waals surface area contributed by atoms with Gasteiger partial charge in [-0.15, -0.1) is 0 Å². The molecule has 1 aliphatic carbocycles. The number of carbonyl (C=O) groups excluding carboxylic acids is 1. The van der Waals surface area contributed by atoms with Gasteiger partial charge in [-0.1, -0.05) is 12.1 Å². The normalized spacial score (nSPS) is 14.1. The van der Waals surface area contributed by atoms with Crippen LogP contribution in [0.15, 0.2) is 35.1 Å². The van der Waals surface area contributed by atoms with Gasteiger partial charge < -0.3 is 14.5 Å². The summed E-state index contributed by atoms with van der Waals surface area (Å²) in [5.74, 6) is 1.34. The van der Waals surface area contributed by atoms with E-state index in [1.165, 1.54) is 6.39 Å². The lowest BCUT2D eigenvalue weighted by atomic mass is 10.2. The predicted molar refractivity (Wildman–Crippen MR) is 72.6 cm³/mol. The molecule has 1 aliphatic rings. The third-order valence-electron chi connectivity index (χ3n) is 3.38. The minimum Gasteiger partial charge on any atom is -0.497 e. The van der Waals surface area contributed by atoms with Crippen molar-refractivity contribution in [2.75, 3.05) is 7.11 Å². The van der Waals surface area contributed by atoms with Gasteiger partial charge in [-0.2, -0.15) is 0 Å². The van der Waals surface area contributed by atoms with Crippen molar-refractivity contribution >= 4 is 5.91 Å². The van der Waals surface area contributed by atoms with Gasteiger partial charge in [-0.3, -0.25) is 4.79 Å². The number of oxazole rings is 1. The molecule has 3 rings (SSSR count). The van der Waals surface area contributed by atoms with Crippen molar-refractivity contribution in [3.63, 3.8) is 0 Å². The lowest BCUT2D eigenvalue weighted by Gasteiger charge is -2.05. The van der Waals surface area contributed by atoms with Gasteiger partial charge in [0.05, 0.1) is 12.8 Å². The first-order chi connectivity index (χ1) is 9.78. The molecule has 1 heterocycles. The molecule has 0 radical (unpaired) electrons. The highest BCUT2D eigenvalue weighted by atomic mass is 16.5. The number of aromatic nitrogens is 1. The van der Waals surface area contributed by atoms with E-state index in [0.29, 0.717) is 18.2 Å². The molecule has 1 fully saturated rings. The van der Waals surface area contributed by atoms with Gasteiger partial charge in [0.1, 0.15) is 5.75 Å². The number of methoxy groups -OCH3 is 1. The number of benzene rings is 1. The second kappa shape index (κ2) is 5.36. The number of ether oxygens (including phenoxy) is 1. The van der Waals surface area contributed by atoms with E-state index >= 15 is 0 Å². The number of hydrogen-bond donors (Lipinski definition) is 1. The van der Waals surface area contributed by atoms with Crippen LogP contribution in [0, 0.1) is 0 Å². The third kappa shape index (κ3) is 2.66. The zero-order valence-electron chi connectivity index (χ0n) is 11.3. The SMILES string of the molecule is COc1ccc(CNC(=O)c2ocnc2C2CC2)cc1. The highest BCUT2D eigenvalue weighted by molar-refractivity contribution is 5.92. The van der Waals surface area contributed by atoms with E-state index in [0.717, 1.165) is 29.8 Å². The smallest absolute Gasteiger partial charge is 0.289 e. The summed E-state index contributed by atoms with van der Waals surface area (Å²) in [6.07, 6.45) is 3.52. The second-order valence-corrected chi connectivity index (χ2v) is 4.87. The summed E-state index contributed by atoms with van der Waals surface area (Å²) in [6, 6.07) is 7.57. The van der Waals surface area contributed by atoms with Crippen molar-refractivity contribution in [3.05, 3.63) is 47.7 Å². The summed E-state index contributed by atoms with van der Waals surface area (Å²) >= 11 is 0. The molecule has 0 saturated heterocycles. The Labute approximate surface area is 117 Å². The summed E-state index contributed by atoms with van der Waals surface area (Å²) in [7, 11) is 1.63. The van der Waals surface area contributed by atoms with Crippen LogP contribution in [0.2, 0.25) is 0 Å². The number of hydrogen-bond acceptors (Lipinski definition) is 4. The van der Waals surface area contributed by atoms with Crippen molar-refractivity contribution in [2.45, 2.75) is 25.3 Å². The van der Waals surface area contributed by atoms with Crippen molar-refractivity contribution in [2.24, 2.45) is 0 Å². The summed E-state index contributed by atoms with van der Waals surface area (Å²) in [5, 5.41) is 2.85. The van der Waals surface area contributed by atoms with Crippen LogP contribution in [0.3, 0.4) is 0 Å². The number of rotatable bonds is 5. The lowest BCUT2D eigenvalue weighted by molar-refractivity contribution is 0.0922. The zero-order valence-corrected chi connectivity index (χ0v) is 11.3. The minimum absolute atomic E-state index is 0.208. The summed E-state index contributed by atoms with van der Waals surface area (Å²) < 4.78 is 10.3. The molecular formula is C15H16N2O3. The van der Waals surface area contributed by atoms with Crippen LogP contribution in [0.4, 0.5) is 0 Å². The van der Waals surface area contributed by atoms with Crippen molar-refractivity contribution in [1.82, 2.24) is 10.3 Å². The van der Waals surface area contributed by atoms with Crippen LogP contribution in [0.1, 0.15) is 40.6 Å². The molecule has 0 spiro atoms. The summed E-state index contributed by atoms with van der Waals surface area (Å²) in [5.41, 5.74) is 1.80. The van der Waals surface area contributed by atoms with Crippen molar-refractivity contribution in [1.29, 1.82) is 0 Å². The zero-order chi connectivity index (χ0) is 13.9. The highest BCUT2D eigenvalue weighted by Gasteiger charge is 2.31. The fourth-order valence-electron chi connectivity index (χ4n) is 2.08. The van der Waals surface area contributed by atoms with Gasteiger partial charge in [0.25, 0.3) is 5.91 Å². The van der Waals surface area contributed by atoms with Crippen LogP contribution >= 0.6 is 0 Å². The van der Waals surface area contributed by atoms with E-state index in [1.54, 1.807) is 7.11 Å². The molecule has 0 bridgehead atoms. The molecule has 1 aromatic carbocycles. The standard InChI is InChI=1S/C15H16N2O3/c1-19-12-6-2-10(3-7-12)8-16-15(18)14-13(11-4-5-11)17-9-20-14/h2-3,6-7,9,11H,4-5,8H2,1H3,(H,16,18). The average molecular weight is 272 g/mol. The topological polar surface area (TPSA) is 64.4 Å². The Morgan fingerprint density at radius 2 is 2.15 bits per heavy atom. The van der Waals surface area contributed by atoms with Gasteiger partial charge in [0.2, 0.25) is 5.76 Å². The maximum atomic E-state index is 12.1. The number of nitrogens with zero attached hydrogens (tertiary/aromatic N) is 1. The summed E-state index contributed by atoms with van der Waals surface area (Å²) in [6.45, 7) is 0.452. The number of amides is 1. The Bertz CT molecular complexity index is 600. The van der Waals surface area contributed by atoms with E-state index in [4.69, 9.17) is 9.15 Å². The second-order valence-electron chi connectivity index (χ2n) is 4.87. The Hall–Kier alpha value is -2.30. The van der Waals surface area contributed by atoms with Crippen LogP contribution < -0.4 is 10.1 Å². The Balaban J connectivity index is 1.62. The maximum Gasteiger partial charge on any atom is 0.289 e. The molecule has 104 valence electrons. The molecule has 5 heteroatoms. The van der Waals surface area contributed by atoms with Crippen LogP contribution in [-0.4, -0.2) is 18.0 Å². The summed E-state index contributed by atoms with van der Waals surface area (Å²) in [4.78, 5) is 16.2. The van der Waals surface area contributed by atoms with E-state index in [1.807, 2.05) is 24.3 Å². The Morgan fingerprint density at radius 1 is 1.40 bits per heavy atom. The van der Waals surface area contributed by atoms with E-state index in [9.17, 15) is 4.79 Å². The van der Waals surface area contributed by atoms with Gasteiger partial charge in [0, 0.05) is 12.5 Å². The maximum absolute atomic E-state index is 12.1.